The zero-order chi connectivity index (χ0) is 17.4. The third kappa shape index (κ3) is 5.78. The Morgan fingerprint density at radius 2 is 1.71 bits per heavy atom. The maximum absolute atomic E-state index is 12.0. The summed E-state index contributed by atoms with van der Waals surface area (Å²) in [6.45, 7) is 2.34. The van der Waals surface area contributed by atoms with Gasteiger partial charge in [-0.15, -0.1) is 0 Å². The number of benzene rings is 2. The molecule has 5 heteroatoms. The minimum absolute atomic E-state index is 0.125. The number of rotatable bonds is 8. The van der Waals surface area contributed by atoms with E-state index in [-0.39, 0.29) is 5.91 Å². The quantitative estimate of drug-likeness (QED) is 0.737. The number of aryl methyl sites for hydroxylation is 1. The molecule has 0 aliphatic rings. The van der Waals surface area contributed by atoms with Gasteiger partial charge in [0.05, 0.1) is 7.11 Å². The van der Waals surface area contributed by atoms with Crippen molar-refractivity contribution in [1.82, 2.24) is 5.32 Å². The lowest BCUT2D eigenvalue weighted by molar-refractivity contribution is -0.127. The number of halogens is 1. The van der Waals surface area contributed by atoms with E-state index in [0.29, 0.717) is 17.3 Å². The van der Waals surface area contributed by atoms with Crippen LogP contribution in [0.3, 0.4) is 0 Å². The predicted molar refractivity (Wildman–Crippen MR) is 95.9 cm³/mol. The summed E-state index contributed by atoms with van der Waals surface area (Å²) in [5.41, 5.74) is 1.22. The topological polar surface area (TPSA) is 47.6 Å². The first-order valence-corrected chi connectivity index (χ1v) is 8.29. The van der Waals surface area contributed by atoms with Gasteiger partial charge in [-0.05, 0) is 61.7 Å². The van der Waals surface area contributed by atoms with Crippen LogP contribution < -0.4 is 14.8 Å². The summed E-state index contributed by atoms with van der Waals surface area (Å²) in [5.74, 6) is 1.35. The van der Waals surface area contributed by atoms with Gasteiger partial charge in [-0.1, -0.05) is 23.7 Å². The fraction of sp³-hybridized carbons (Fsp3) is 0.316. The molecule has 2 rings (SSSR count). The van der Waals surface area contributed by atoms with Gasteiger partial charge in [0, 0.05) is 11.6 Å². The number of carbonyl (C=O) groups is 1. The minimum atomic E-state index is -0.549. The Hall–Kier alpha value is -2.20. The molecule has 4 nitrogen and oxygen atoms in total. The zero-order valence-electron chi connectivity index (χ0n) is 13.9. The standard InChI is InChI=1S/C19H22ClNO3/c1-14(24-18-11-7-16(20)8-12-18)19(22)21-13-3-4-15-5-9-17(23-2)10-6-15/h5-12,14H,3-4,13H2,1-2H3,(H,21,22)/t14-/m1/s1. The van der Waals surface area contributed by atoms with Gasteiger partial charge in [-0.25, -0.2) is 0 Å². The Morgan fingerprint density at radius 1 is 1.08 bits per heavy atom. The lowest BCUT2D eigenvalue weighted by Crippen LogP contribution is -2.36. The average Bonchev–Trinajstić information content (AvgIpc) is 2.61. The van der Waals surface area contributed by atoms with Crippen molar-refractivity contribution in [2.24, 2.45) is 0 Å². The van der Waals surface area contributed by atoms with Crippen LogP contribution >= 0.6 is 11.6 Å². The van der Waals surface area contributed by atoms with Crippen molar-refractivity contribution >= 4 is 17.5 Å². The van der Waals surface area contributed by atoms with E-state index in [9.17, 15) is 4.79 Å². The van der Waals surface area contributed by atoms with Crippen LogP contribution in [0.4, 0.5) is 0 Å². The van der Waals surface area contributed by atoms with E-state index in [0.717, 1.165) is 18.6 Å². The molecule has 1 amide bonds. The summed E-state index contributed by atoms with van der Waals surface area (Å²) < 4.78 is 10.7. The van der Waals surface area contributed by atoms with Crippen molar-refractivity contribution in [3.05, 3.63) is 59.1 Å². The lowest BCUT2D eigenvalue weighted by atomic mass is 10.1. The van der Waals surface area contributed by atoms with Crippen LogP contribution in [0.2, 0.25) is 5.02 Å². The van der Waals surface area contributed by atoms with Crippen molar-refractivity contribution in [2.75, 3.05) is 13.7 Å². The molecular weight excluding hydrogens is 326 g/mol. The van der Waals surface area contributed by atoms with Gasteiger partial charge < -0.3 is 14.8 Å². The van der Waals surface area contributed by atoms with Crippen LogP contribution in [0, 0.1) is 0 Å². The summed E-state index contributed by atoms with van der Waals surface area (Å²) in [6, 6.07) is 14.9. The highest BCUT2D eigenvalue weighted by Gasteiger charge is 2.13. The van der Waals surface area contributed by atoms with Crippen molar-refractivity contribution in [1.29, 1.82) is 0 Å². The summed E-state index contributed by atoms with van der Waals surface area (Å²) in [6.07, 6.45) is 1.22. The van der Waals surface area contributed by atoms with Crippen molar-refractivity contribution < 1.29 is 14.3 Å². The predicted octanol–water partition coefficient (Wildman–Crippen LogP) is 3.86. The zero-order valence-corrected chi connectivity index (χ0v) is 14.7. The largest absolute Gasteiger partial charge is 0.497 e. The highest BCUT2D eigenvalue weighted by atomic mass is 35.5. The molecule has 0 unspecified atom stereocenters. The first kappa shape index (κ1) is 18.1. The van der Waals surface area contributed by atoms with E-state index in [1.54, 1.807) is 38.3 Å². The Balaban J connectivity index is 1.69. The van der Waals surface area contributed by atoms with E-state index in [1.165, 1.54) is 5.56 Å². The summed E-state index contributed by atoms with van der Waals surface area (Å²) >= 11 is 5.82. The minimum Gasteiger partial charge on any atom is -0.497 e. The Labute approximate surface area is 147 Å². The second-order valence-corrected chi connectivity index (χ2v) is 5.89. The average molecular weight is 348 g/mol. The van der Waals surface area contributed by atoms with E-state index in [2.05, 4.69) is 5.32 Å². The third-order valence-electron chi connectivity index (χ3n) is 3.60. The van der Waals surface area contributed by atoms with E-state index >= 15 is 0 Å². The molecule has 0 spiro atoms. The van der Waals surface area contributed by atoms with Crippen LogP contribution in [0.1, 0.15) is 18.9 Å². The molecule has 0 fully saturated rings. The maximum atomic E-state index is 12.0. The number of nitrogens with one attached hydrogen (secondary N) is 1. The van der Waals surface area contributed by atoms with Crippen LogP contribution in [0.25, 0.3) is 0 Å². The summed E-state index contributed by atoms with van der Waals surface area (Å²) in [4.78, 5) is 12.0. The van der Waals surface area contributed by atoms with Gasteiger partial charge in [0.25, 0.3) is 5.91 Å². The SMILES string of the molecule is COc1ccc(CCCNC(=O)[C@@H](C)Oc2ccc(Cl)cc2)cc1. The monoisotopic (exact) mass is 347 g/mol. The van der Waals surface area contributed by atoms with Crippen molar-refractivity contribution in [3.8, 4) is 11.5 Å². The number of methoxy groups -OCH3 is 1. The van der Waals surface area contributed by atoms with Gasteiger partial charge in [0.2, 0.25) is 0 Å². The number of hydrogen-bond acceptors (Lipinski definition) is 3. The van der Waals surface area contributed by atoms with Gasteiger partial charge in [-0.2, -0.15) is 0 Å². The molecule has 0 radical (unpaired) electrons. The van der Waals surface area contributed by atoms with Gasteiger partial charge in [-0.3, -0.25) is 4.79 Å². The summed E-state index contributed by atoms with van der Waals surface area (Å²) in [7, 11) is 1.65. The molecule has 0 aliphatic heterocycles. The first-order chi connectivity index (χ1) is 11.6. The van der Waals surface area contributed by atoms with Crippen molar-refractivity contribution in [2.45, 2.75) is 25.9 Å². The highest BCUT2D eigenvalue weighted by Crippen LogP contribution is 2.17. The molecule has 2 aromatic carbocycles. The molecule has 0 aliphatic carbocycles. The third-order valence-corrected chi connectivity index (χ3v) is 3.85. The Kier molecular flexibility index (Phi) is 6.94. The van der Waals surface area contributed by atoms with Crippen LogP contribution in [-0.4, -0.2) is 25.7 Å². The molecule has 2 aromatic rings. The normalized spacial score (nSPS) is 11.6. The Bertz CT molecular complexity index is 641. The molecule has 1 atom stereocenters. The molecule has 128 valence electrons. The fourth-order valence-corrected chi connectivity index (χ4v) is 2.34. The van der Waals surface area contributed by atoms with E-state index in [1.807, 2.05) is 24.3 Å². The second-order valence-electron chi connectivity index (χ2n) is 5.46. The molecule has 0 saturated heterocycles. The maximum Gasteiger partial charge on any atom is 0.260 e. The molecule has 0 bridgehead atoms. The molecule has 0 heterocycles. The highest BCUT2D eigenvalue weighted by molar-refractivity contribution is 6.30. The molecule has 0 aromatic heterocycles. The van der Waals surface area contributed by atoms with Crippen molar-refractivity contribution in [3.63, 3.8) is 0 Å². The summed E-state index contributed by atoms with van der Waals surface area (Å²) in [5, 5.41) is 3.53. The smallest absolute Gasteiger partial charge is 0.260 e. The van der Waals surface area contributed by atoms with Gasteiger partial charge in [0.15, 0.2) is 6.10 Å². The fourth-order valence-electron chi connectivity index (χ4n) is 2.21. The van der Waals surface area contributed by atoms with E-state index in [4.69, 9.17) is 21.1 Å². The lowest BCUT2D eigenvalue weighted by Gasteiger charge is -2.14. The Morgan fingerprint density at radius 3 is 2.33 bits per heavy atom. The van der Waals surface area contributed by atoms with Gasteiger partial charge >= 0.3 is 0 Å². The van der Waals surface area contributed by atoms with Crippen LogP contribution in [0.15, 0.2) is 48.5 Å². The second kappa shape index (κ2) is 9.18. The van der Waals surface area contributed by atoms with Gasteiger partial charge in [0.1, 0.15) is 11.5 Å². The number of ether oxygens (including phenoxy) is 2. The molecule has 0 saturated carbocycles. The molecule has 24 heavy (non-hydrogen) atoms. The van der Waals surface area contributed by atoms with Crippen LogP contribution in [-0.2, 0) is 11.2 Å². The van der Waals surface area contributed by atoms with Crippen LogP contribution in [0.5, 0.6) is 11.5 Å². The number of hydrogen-bond donors (Lipinski definition) is 1. The number of carbonyl (C=O) groups excluding carboxylic acids is 1. The first-order valence-electron chi connectivity index (χ1n) is 7.91. The number of amides is 1. The van der Waals surface area contributed by atoms with E-state index < -0.39 is 6.10 Å². The molecule has 1 N–H and O–H groups in total. The molecular formula is C19H22ClNO3.